The minimum atomic E-state index is -0.272. The Balaban J connectivity index is 1.97. The zero-order chi connectivity index (χ0) is 11.6. The molecule has 4 heteroatoms. The highest BCUT2D eigenvalue weighted by molar-refractivity contribution is 7.10. The molecule has 1 saturated carbocycles. The van der Waals surface area contributed by atoms with Crippen molar-refractivity contribution >= 4 is 17.2 Å². The minimum absolute atomic E-state index is 0.0940. The van der Waals surface area contributed by atoms with Crippen molar-refractivity contribution in [2.24, 2.45) is 11.1 Å². The molecule has 1 aromatic heterocycles. The third-order valence-electron chi connectivity index (χ3n) is 3.50. The lowest BCUT2D eigenvalue weighted by atomic mass is 9.68. The highest BCUT2D eigenvalue weighted by Gasteiger charge is 2.43. The van der Waals surface area contributed by atoms with Crippen LogP contribution < -0.4 is 11.1 Å². The van der Waals surface area contributed by atoms with E-state index in [0.717, 1.165) is 19.3 Å². The number of hydrogen-bond acceptors (Lipinski definition) is 3. The second-order valence-electron chi connectivity index (χ2n) is 4.55. The first kappa shape index (κ1) is 11.6. The summed E-state index contributed by atoms with van der Waals surface area (Å²) >= 11 is 1.67. The number of carbonyl (C=O) groups is 1. The minimum Gasteiger partial charge on any atom is -0.348 e. The molecule has 0 bridgehead atoms. The Morgan fingerprint density at radius 1 is 1.69 bits per heavy atom. The quantitative estimate of drug-likeness (QED) is 0.843. The number of hydrogen-bond donors (Lipinski definition) is 2. The number of nitrogens with one attached hydrogen (secondary N) is 1. The molecule has 1 aliphatic rings. The van der Waals surface area contributed by atoms with Gasteiger partial charge in [-0.3, -0.25) is 4.79 Å². The molecule has 88 valence electrons. The Morgan fingerprint density at radius 3 is 2.88 bits per heavy atom. The SMILES string of the molecule is C[C@H](NC(=O)C1(CN)CCC1)c1cccs1. The molecule has 0 radical (unpaired) electrons. The van der Waals surface area contributed by atoms with Crippen molar-refractivity contribution in [3.05, 3.63) is 22.4 Å². The summed E-state index contributed by atoms with van der Waals surface area (Å²) in [7, 11) is 0. The first-order valence-electron chi connectivity index (χ1n) is 5.72. The molecular formula is C12H18N2OS. The van der Waals surface area contributed by atoms with E-state index in [4.69, 9.17) is 5.73 Å². The van der Waals surface area contributed by atoms with Gasteiger partial charge in [-0.05, 0) is 31.2 Å². The van der Waals surface area contributed by atoms with Crippen molar-refractivity contribution < 1.29 is 4.79 Å². The molecule has 1 amide bonds. The van der Waals surface area contributed by atoms with Crippen LogP contribution >= 0.6 is 11.3 Å². The molecule has 1 aliphatic carbocycles. The normalized spacial score (nSPS) is 19.9. The van der Waals surface area contributed by atoms with Gasteiger partial charge in [0.05, 0.1) is 11.5 Å². The molecule has 3 nitrogen and oxygen atoms in total. The monoisotopic (exact) mass is 238 g/mol. The van der Waals surface area contributed by atoms with Crippen LogP contribution in [0.5, 0.6) is 0 Å². The molecule has 0 saturated heterocycles. The fourth-order valence-electron chi connectivity index (χ4n) is 2.09. The van der Waals surface area contributed by atoms with Crippen LogP contribution in [-0.4, -0.2) is 12.5 Å². The standard InChI is InChI=1S/C12H18N2OS/c1-9(10-4-2-7-16-10)14-11(15)12(8-13)5-3-6-12/h2,4,7,9H,3,5-6,8,13H2,1H3,(H,14,15)/t9-/m0/s1. The predicted octanol–water partition coefficient (Wildman–Crippen LogP) is 2.05. The maximum absolute atomic E-state index is 12.1. The number of thiophene rings is 1. The van der Waals surface area contributed by atoms with Gasteiger partial charge in [0, 0.05) is 11.4 Å². The summed E-state index contributed by atoms with van der Waals surface area (Å²) in [6.45, 7) is 2.49. The van der Waals surface area contributed by atoms with Gasteiger partial charge in [-0.2, -0.15) is 0 Å². The highest BCUT2D eigenvalue weighted by Crippen LogP contribution is 2.40. The summed E-state index contributed by atoms with van der Waals surface area (Å²) in [5, 5.41) is 5.10. The van der Waals surface area contributed by atoms with E-state index in [-0.39, 0.29) is 17.4 Å². The zero-order valence-electron chi connectivity index (χ0n) is 9.53. The second-order valence-corrected chi connectivity index (χ2v) is 5.53. The van der Waals surface area contributed by atoms with Crippen molar-refractivity contribution in [1.29, 1.82) is 0 Å². The van der Waals surface area contributed by atoms with Gasteiger partial charge in [0.25, 0.3) is 0 Å². The van der Waals surface area contributed by atoms with E-state index in [0.29, 0.717) is 6.54 Å². The van der Waals surface area contributed by atoms with Gasteiger partial charge in [0.1, 0.15) is 0 Å². The van der Waals surface area contributed by atoms with E-state index in [9.17, 15) is 4.79 Å². The van der Waals surface area contributed by atoms with Crippen LogP contribution in [0.1, 0.15) is 37.1 Å². The van der Waals surface area contributed by atoms with E-state index >= 15 is 0 Å². The van der Waals surface area contributed by atoms with Crippen LogP contribution in [0.2, 0.25) is 0 Å². The molecule has 0 aromatic carbocycles. The molecule has 16 heavy (non-hydrogen) atoms. The zero-order valence-corrected chi connectivity index (χ0v) is 10.3. The van der Waals surface area contributed by atoms with Gasteiger partial charge >= 0.3 is 0 Å². The summed E-state index contributed by atoms with van der Waals surface area (Å²) in [5.41, 5.74) is 5.43. The summed E-state index contributed by atoms with van der Waals surface area (Å²) in [6.07, 6.45) is 3.00. The first-order chi connectivity index (χ1) is 7.68. The summed E-state index contributed by atoms with van der Waals surface area (Å²) in [5.74, 6) is 0.127. The molecule has 0 aliphatic heterocycles. The molecule has 1 atom stereocenters. The molecule has 3 N–H and O–H groups in total. The molecule has 1 heterocycles. The van der Waals surface area contributed by atoms with Crippen LogP contribution in [0.4, 0.5) is 0 Å². The molecule has 1 fully saturated rings. The Morgan fingerprint density at radius 2 is 2.44 bits per heavy atom. The number of rotatable bonds is 4. The summed E-state index contributed by atoms with van der Waals surface area (Å²) < 4.78 is 0. The van der Waals surface area contributed by atoms with Crippen molar-refractivity contribution in [2.45, 2.75) is 32.2 Å². The third kappa shape index (κ3) is 1.99. The van der Waals surface area contributed by atoms with Gasteiger partial charge in [0.2, 0.25) is 5.91 Å². The smallest absolute Gasteiger partial charge is 0.227 e. The van der Waals surface area contributed by atoms with E-state index < -0.39 is 0 Å². The Labute approximate surface area is 100 Å². The van der Waals surface area contributed by atoms with Crippen molar-refractivity contribution in [1.82, 2.24) is 5.32 Å². The maximum atomic E-state index is 12.1. The molecular weight excluding hydrogens is 220 g/mol. The fraction of sp³-hybridized carbons (Fsp3) is 0.583. The van der Waals surface area contributed by atoms with E-state index in [1.807, 2.05) is 24.4 Å². The summed E-state index contributed by atoms with van der Waals surface area (Å²) in [6, 6.07) is 4.15. The topological polar surface area (TPSA) is 55.1 Å². The fourth-order valence-corrected chi connectivity index (χ4v) is 2.82. The van der Waals surface area contributed by atoms with Crippen LogP contribution in [0, 0.1) is 5.41 Å². The molecule has 0 spiro atoms. The van der Waals surface area contributed by atoms with E-state index in [1.54, 1.807) is 11.3 Å². The number of amides is 1. The van der Waals surface area contributed by atoms with E-state index in [2.05, 4.69) is 5.32 Å². The molecule has 1 aromatic rings. The Hall–Kier alpha value is -0.870. The first-order valence-corrected chi connectivity index (χ1v) is 6.60. The highest BCUT2D eigenvalue weighted by atomic mass is 32.1. The van der Waals surface area contributed by atoms with Gasteiger partial charge in [-0.15, -0.1) is 11.3 Å². The van der Waals surface area contributed by atoms with Crippen LogP contribution in [-0.2, 0) is 4.79 Å². The second kappa shape index (κ2) is 4.55. The van der Waals surface area contributed by atoms with E-state index in [1.165, 1.54) is 4.88 Å². The molecule has 2 rings (SSSR count). The maximum Gasteiger partial charge on any atom is 0.227 e. The van der Waals surface area contributed by atoms with Crippen molar-refractivity contribution in [2.75, 3.05) is 6.54 Å². The van der Waals surface area contributed by atoms with Gasteiger partial charge in [-0.1, -0.05) is 12.5 Å². The van der Waals surface area contributed by atoms with Gasteiger partial charge < -0.3 is 11.1 Å². The predicted molar refractivity (Wildman–Crippen MR) is 66.2 cm³/mol. The lowest BCUT2D eigenvalue weighted by molar-refractivity contribution is -0.135. The largest absolute Gasteiger partial charge is 0.348 e. The average Bonchev–Trinajstić information content (AvgIpc) is 2.69. The lowest BCUT2D eigenvalue weighted by Gasteiger charge is -2.39. The Bertz CT molecular complexity index is 352. The van der Waals surface area contributed by atoms with Crippen LogP contribution in [0.15, 0.2) is 17.5 Å². The average molecular weight is 238 g/mol. The van der Waals surface area contributed by atoms with Gasteiger partial charge in [0.15, 0.2) is 0 Å². The third-order valence-corrected chi connectivity index (χ3v) is 4.56. The number of carbonyl (C=O) groups excluding carboxylic acids is 1. The summed E-state index contributed by atoms with van der Waals surface area (Å²) in [4.78, 5) is 13.3. The Kier molecular flexibility index (Phi) is 3.30. The van der Waals surface area contributed by atoms with Crippen LogP contribution in [0.3, 0.4) is 0 Å². The van der Waals surface area contributed by atoms with Gasteiger partial charge in [-0.25, -0.2) is 0 Å². The lowest BCUT2D eigenvalue weighted by Crippen LogP contribution is -2.50. The van der Waals surface area contributed by atoms with Crippen molar-refractivity contribution in [3.8, 4) is 0 Å². The van der Waals surface area contributed by atoms with Crippen LogP contribution in [0.25, 0.3) is 0 Å². The molecule has 0 unspecified atom stereocenters. The van der Waals surface area contributed by atoms with Crippen molar-refractivity contribution in [3.63, 3.8) is 0 Å². The number of nitrogens with two attached hydrogens (primary N) is 1.